The molecule has 21 heavy (non-hydrogen) atoms. The SMILES string of the molecule is CC1CCC(N(C)c2ccc([N+](=O)[O-])c(C(=O)O)c2)CC1. The van der Waals surface area contributed by atoms with Crippen LogP contribution in [0.4, 0.5) is 11.4 Å². The van der Waals surface area contributed by atoms with E-state index in [0.717, 1.165) is 37.3 Å². The Bertz CT molecular complexity index is 551. The normalized spacial score (nSPS) is 21.8. The molecule has 0 atom stereocenters. The van der Waals surface area contributed by atoms with Crippen molar-refractivity contribution < 1.29 is 14.8 Å². The molecule has 0 unspecified atom stereocenters. The Balaban J connectivity index is 2.25. The van der Waals surface area contributed by atoms with Gasteiger partial charge in [0.1, 0.15) is 5.56 Å². The van der Waals surface area contributed by atoms with Crippen molar-refractivity contribution in [2.75, 3.05) is 11.9 Å². The number of carbonyl (C=O) groups is 1. The van der Waals surface area contributed by atoms with Crippen molar-refractivity contribution in [2.24, 2.45) is 5.92 Å². The first-order chi connectivity index (χ1) is 9.90. The summed E-state index contributed by atoms with van der Waals surface area (Å²) in [6.07, 6.45) is 4.45. The second-order valence-corrected chi connectivity index (χ2v) is 5.79. The van der Waals surface area contributed by atoms with E-state index >= 15 is 0 Å². The molecular weight excluding hydrogens is 272 g/mol. The summed E-state index contributed by atoms with van der Waals surface area (Å²) in [5.74, 6) is -0.532. The summed E-state index contributed by atoms with van der Waals surface area (Å²) in [6.45, 7) is 2.24. The highest BCUT2D eigenvalue weighted by Crippen LogP contribution is 2.31. The zero-order chi connectivity index (χ0) is 15.6. The Labute approximate surface area is 123 Å². The summed E-state index contributed by atoms with van der Waals surface area (Å²) in [5, 5.41) is 20.0. The van der Waals surface area contributed by atoms with E-state index in [-0.39, 0.29) is 11.3 Å². The molecule has 1 N–H and O–H groups in total. The van der Waals surface area contributed by atoms with Gasteiger partial charge in [0.2, 0.25) is 0 Å². The molecule has 2 rings (SSSR count). The molecule has 6 heteroatoms. The summed E-state index contributed by atoms with van der Waals surface area (Å²) in [7, 11) is 1.92. The zero-order valence-electron chi connectivity index (χ0n) is 12.3. The number of nitro benzene ring substituents is 1. The van der Waals surface area contributed by atoms with Crippen LogP contribution in [-0.4, -0.2) is 29.1 Å². The molecule has 0 bridgehead atoms. The lowest BCUT2D eigenvalue weighted by Gasteiger charge is -2.35. The maximum Gasteiger partial charge on any atom is 0.342 e. The van der Waals surface area contributed by atoms with Crippen molar-refractivity contribution in [2.45, 2.75) is 38.6 Å². The number of carboxylic acids is 1. The van der Waals surface area contributed by atoms with Crippen LogP contribution in [0.1, 0.15) is 43.0 Å². The third-order valence-electron chi connectivity index (χ3n) is 4.35. The van der Waals surface area contributed by atoms with Gasteiger partial charge in [-0.1, -0.05) is 6.92 Å². The van der Waals surface area contributed by atoms with E-state index in [1.165, 1.54) is 12.1 Å². The van der Waals surface area contributed by atoms with Crippen LogP contribution < -0.4 is 4.90 Å². The molecule has 1 aliphatic carbocycles. The highest BCUT2D eigenvalue weighted by molar-refractivity contribution is 5.93. The topological polar surface area (TPSA) is 83.7 Å². The molecule has 1 aliphatic rings. The fourth-order valence-corrected chi connectivity index (χ4v) is 2.91. The number of anilines is 1. The van der Waals surface area contributed by atoms with Gasteiger partial charge in [0.15, 0.2) is 0 Å². The molecule has 1 saturated carbocycles. The van der Waals surface area contributed by atoms with Crippen LogP contribution >= 0.6 is 0 Å². The number of rotatable bonds is 4. The van der Waals surface area contributed by atoms with Gasteiger partial charge in [0, 0.05) is 24.8 Å². The van der Waals surface area contributed by atoms with Gasteiger partial charge in [-0.05, 0) is 43.7 Å². The van der Waals surface area contributed by atoms with Crippen molar-refractivity contribution in [3.8, 4) is 0 Å². The van der Waals surface area contributed by atoms with E-state index in [1.54, 1.807) is 6.07 Å². The minimum atomic E-state index is -1.27. The molecule has 0 aromatic heterocycles. The highest BCUT2D eigenvalue weighted by Gasteiger charge is 2.25. The smallest absolute Gasteiger partial charge is 0.342 e. The molecule has 114 valence electrons. The Morgan fingerprint density at radius 2 is 1.95 bits per heavy atom. The summed E-state index contributed by atoms with van der Waals surface area (Å²) < 4.78 is 0. The van der Waals surface area contributed by atoms with Gasteiger partial charge < -0.3 is 10.0 Å². The predicted molar refractivity (Wildman–Crippen MR) is 79.9 cm³/mol. The van der Waals surface area contributed by atoms with Gasteiger partial charge in [-0.2, -0.15) is 0 Å². The summed E-state index contributed by atoms with van der Waals surface area (Å²) >= 11 is 0. The summed E-state index contributed by atoms with van der Waals surface area (Å²) in [6, 6.07) is 4.67. The van der Waals surface area contributed by atoms with Crippen LogP contribution in [0.25, 0.3) is 0 Å². The van der Waals surface area contributed by atoms with Gasteiger partial charge in [-0.3, -0.25) is 10.1 Å². The van der Waals surface area contributed by atoms with E-state index in [4.69, 9.17) is 5.11 Å². The van der Waals surface area contributed by atoms with Crippen LogP contribution in [-0.2, 0) is 0 Å². The second-order valence-electron chi connectivity index (χ2n) is 5.79. The number of nitro groups is 1. The number of hydrogen-bond acceptors (Lipinski definition) is 4. The molecule has 0 radical (unpaired) electrons. The van der Waals surface area contributed by atoms with Crippen molar-refractivity contribution in [3.63, 3.8) is 0 Å². The Morgan fingerprint density at radius 3 is 2.48 bits per heavy atom. The Hall–Kier alpha value is -2.11. The van der Waals surface area contributed by atoms with Gasteiger partial charge >= 0.3 is 5.97 Å². The van der Waals surface area contributed by atoms with Crippen molar-refractivity contribution in [1.29, 1.82) is 0 Å². The molecule has 0 spiro atoms. The highest BCUT2D eigenvalue weighted by atomic mass is 16.6. The minimum absolute atomic E-state index is 0.256. The number of benzene rings is 1. The Kier molecular flexibility index (Phi) is 4.45. The lowest BCUT2D eigenvalue weighted by molar-refractivity contribution is -0.385. The van der Waals surface area contributed by atoms with Crippen molar-refractivity contribution in [1.82, 2.24) is 0 Å². The van der Waals surface area contributed by atoms with Crippen LogP contribution in [0.15, 0.2) is 18.2 Å². The van der Waals surface area contributed by atoms with Crippen molar-refractivity contribution in [3.05, 3.63) is 33.9 Å². The quantitative estimate of drug-likeness (QED) is 0.680. The lowest BCUT2D eigenvalue weighted by Crippen LogP contribution is -2.34. The standard InChI is InChI=1S/C15H20N2O4/c1-10-3-5-11(6-4-10)16(2)12-7-8-14(17(20)21)13(9-12)15(18)19/h7-11H,3-6H2,1-2H3,(H,18,19). The molecule has 0 aliphatic heterocycles. The monoisotopic (exact) mass is 292 g/mol. The first-order valence-electron chi connectivity index (χ1n) is 7.14. The number of nitrogens with zero attached hydrogens (tertiary/aromatic N) is 2. The molecule has 0 amide bonds. The molecule has 6 nitrogen and oxygen atoms in total. The third kappa shape index (κ3) is 3.32. The molecule has 0 heterocycles. The van der Waals surface area contributed by atoms with Gasteiger partial charge in [0.05, 0.1) is 4.92 Å². The van der Waals surface area contributed by atoms with Crippen LogP contribution in [0.5, 0.6) is 0 Å². The van der Waals surface area contributed by atoms with Crippen LogP contribution in [0, 0.1) is 16.0 Å². The first-order valence-corrected chi connectivity index (χ1v) is 7.14. The van der Waals surface area contributed by atoms with Gasteiger partial charge in [-0.25, -0.2) is 4.79 Å². The van der Waals surface area contributed by atoms with Crippen molar-refractivity contribution >= 4 is 17.3 Å². The van der Waals surface area contributed by atoms with E-state index in [0.29, 0.717) is 6.04 Å². The van der Waals surface area contributed by atoms with E-state index in [9.17, 15) is 14.9 Å². The van der Waals surface area contributed by atoms with E-state index in [1.807, 2.05) is 11.9 Å². The third-order valence-corrected chi connectivity index (χ3v) is 4.35. The number of hydrogen-bond donors (Lipinski definition) is 1. The van der Waals surface area contributed by atoms with E-state index < -0.39 is 10.9 Å². The summed E-state index contributed by atoms with van der Waals surface area (Å²) in [4.78, 5) is 23.5. The average Bonchev–Trinajstić information content (AvgIpc) is 2.46. The molecule has 1 aromatic carbocycles. The number of aromatic carboxylic acids is 1. The second kappa shape index (κ2) is 6.11. The zero-order valence-corrected chi connectivity index (χ0v) is 12.3. The molecule has 0 saturated heterocycles. The molecule has 1 aromatic rings. The first kappa shape index (κ1) is 15.3. The predicted octanol–water partition coefficient (Wildman–Crippen LogP) is 3.31. The Morgan fingerprint density at radius 1 is 1.33 bits per heavy atom. The van der Waals surface area contributed by atoms with Gasteiger partial charge in [-0.15, -0.1) is 0 Å². The maximum atomic E-state index is 11.2. The molecular formula is C15H20N2O4. The lowest BCUT2D eigenvalue weighted by atomic mass is 9.86. The van der Waals surface area contributed by atoms with Crippen LogP contribution in [0.2, 0.25) is 0 Å². The van der Waals surface area contributed by atoms with Crippen LogP contribution in [0.3, 0.4) is 0 Å². The fourth-order valence-electron chi connectivity index (χ4n) is 2.91. The minimum Gasteiger partial charge on any atom is -0.477 e. The summed E-state index contributed by atoms with van der Waals surface area (Å²) in [5.41, 5.74) is 0.1000. The fraction of sp³-hybridized carbons (Fsp3) is 0.533. The van der Waals surface area contributed by atoms with E-state index in [2.05, 4.69) is 6.92 Å². The van der Waals surface area contributed by atoms with Gasteiger partial charge in [0.25, 0.3) is 5.69 Å². The largest absolute Gasteiger partial charge is 0.477 e. The maximum absolute atomic E-state index is 11.2. The number of carboxylic acid groups (broad SMARTS) is 1. The average molecular weight is 292 g/mol. The molecule has 1 fully saturated rings.